The van der Waals surface area contributed by atoms with Crippen molar-refractivity contribution in [1.29, 1.82) is 0 Å². The standard InChI is InChI=1S/C20H19Cl2N3O4S/c1-2-29-20(28)16-12-5-3-4-6-15(12)30-19(16)24-17(26)18(27)25-23-10-11-7-8-13(21)14(22)9-11/h7-10H,2-6H2,1H3,(H,24,26)(H,25,27). The highest BCUT2D eigenvalue weighted by molar-refractivity contribution is 7.17. The molecule has 2 aromatic rings. The van der Waals surface area contributed by atoms with E-state index in [9.17, 15) is 14.4 Å². The summed E-state index contributed by atoms with van der Waals surface area (Å²) < 4.78 is 5.14. The van der Waals surface area contributed by atoms with Crippen LogP contribution < -0.4 is 10.7 Å². The van der Waals surface area contributed by atoms with Gasteiger partial charge in [0.25, 0.3) is 0 Å². The minimum absolute atomic E-state index is 0.223. The number of fused-ring (bicyclic) bond motifs is 1. The number of hydrogen-bond donors (Lipinski definition) is 2. The number of halogens is 2. The third kappa shape index (κ3) is 5.19. The molecule has 0 spiro atoms. The number of ether oxygens (including phenoxy) is 1. The lowest BCUT2D eigenvalue weighted by molar-refractivity contribution is -0.136. The number of nitrogens with one attached hydrogen (secondary N) is 2. The minimum Gasteiger partial charge on any atom is -0.462 e. The average Bonchev–Trinajstić information content (AvgIpc) is 3.08. The Balaban J connectivity index is 1.69. The molecule has 2 amide bonds. The molecule has 1 aromatic carbocycles. The number of esters is 1. The fourth-order valence-electron chi connectivity index (χ4n) is 3.04. The van der Waals surface area contributed by atoms with Crippen LogP contribution in [0.25, 0.3) is 0 Å². The molecule has 0 radical (unpaired) electrons. The fourth-order valence-corrected chi connectivity index (χ4v) is 4.62. The lowest BCUT2D eigenvalue weighted by atomic mass is 9.95. The largest absolute Gasteiger partial charge is 0.462 e. The minimum atomic E-state index is -0.965. The maximum atomic E-state index is 12.4. The molecule has 0 atom stereocenters. The Morgan fingerprint density at radius 3 is 2.67 bits per heavy atom. The maximum absolute atomic E-state index is 12.4. The van der Waals surface area contributed by atoms with Crippen LogP contribution >= 0.6 is 34.5 Å². The molecule has 3 rings (SSSR count). The van der Waals surface area contributed by atoms with Crippen LogP contribution in [0.2, 0.25) is 10.0 Å². The smallest absolute Gasteiger partial charge is 0.341 e. The molecule has 1 aliphatic rings. The first-order chi connectivity index (χ1) is 14.4. The molecule has 0 aliphatic heterocycles. The third-order valence-electron chi connectivity index (χ3n) is 4.41. The van der Waals surface area contributed by atoms with Crippen LogP contribution in [0.3, 0.4) is 0 Å². The molecule has 1 aromatic heterocycles. The highest BCUT2D eigenvalue weighted by Gasteiger charge is 2.28. The van der Waals surface area contributed by atoms with E-state index in [0.29, 0.717) is 26.2 Å². The average molecular weight is 468 g/mol. The lowest BCUT2D eigenvalue weighted by Gasteiger charge is -2.12. The Hall–Kier alpha value is -2.42. The van der Waals surface area contributed by atoms with Gasteiger partial charge in [-0.1, -0.05) is 29.3 Å². The predicted molar refractivity (Wildman–Crippen MR) is 118 cm³/mol. The Kier molecular flexibility index (Phi) is 7.47. The van der Waals surface area contributed by atoms with Crippen molar-refractivity contribution in [2.75, 3.05) is 11.9 Å². The Morgan fingerprint density at radius 2 is 1.93 bits per heavy atom. The van der Waals surface area contributed by atoms with Gasteiger partial charge in [0.15, 0.2) is 0 Å². The number of nitrogens with zero attached hydrogens (tertiary/aromatic N) is 1. The van der Waals surface area contributed by atoms with Gasteiger partial charge in [0.2, 0.25) is 0 Å². The van der Waals surface area contributed by atoms with Gasteiger partial charge >= 0.3 is 17.8 Å². The van der Waals surface area contributed by atoms with Crippen molar-refractivity contribution in [3.63, 3.8) is 0 Å². The summed E-state index contributed by atoms with van der Waals surface area (Å²) in [6.07, 6.45) is 4.90. The fraction of sp³-hybridized carbons (Fsp3) is 0.300. The van der Waals surface area contributed by atoms with E-state index in [1.807, 2.05) is 0 Å². The van der Waals surface area contributed by atoms with Crippen LogP contribution in [-0.2, 0) is 27.2 Å². The van der Waals surface area contributed by atoms with Crippen molar-refractivity contribution in [1.82, 2.24) is 5.43 Å². The van der Waals surface area contributed by atoms with Crippen molar-refractivity contribution < 1.29 is 19.1 Å². The zero-order chi connectivity index (χ0) is 21.7. The molecule has 2 N–H and O–H groups in total. The molecular weight excluding hydrogens is 449 g/mol. The number of amides is 2. The van der Waals surface area contributed by atoms with E-state index in [0.717, 1.165) is 36.1 Å². The maximum Gasteiger partial charge on any atom is 0.341 e. The summed E-state index contributed by atoms with van der Waals surface area (Å²) in [6.45, 7) is 1.94. The second-order valence-corrected chi connectivity index (χ2v) is 8.38. The van der Waals surface area contributed by atoms with Gasteiger partial charge in [0.1, 0.15) is 5.00 Å². The van der Waals surface area contributed by atoms with Crippen molar-refractivity contribution in [3.05, 3.63) is 49.8 Å². The second-order valence-electron chi connectivity index (χ2n) is 6.46. The topological polar surface area (TPSA) is 96.9 Å². The second kappa shape index (κ2) is 10.1. The Labute approximate surface area is 187 Å². The normalized spacial score (nSPS) is 13.0. The number of anilines is 1. The van der Waals surface area contributed by atoms with Crippen LogP contribution in [0.1, 0.15) is 46.1 Å². The highest BCUT2D eigenvalue weighted by Crippen LogP contribution is 2.38. The zero-order valence-corrected chi connectivity index (χ0v) is 18.4. The quantitative estimate of drug-likeness (QED) is 0.298. The first-order valence-electron chi connectivity index (χ1n) is 9.31. The van der Waals surface area contributed by atoms with Crippen molar-refractivity contribution in [2.24, 2.45) is 5.10 Å². The molecule has 10 heteroatoms. The Morgan fingerprint density at radius 1 is 1.17 bits per heavy atom. The van der Waals surface area contributed by atoms with Gasteiger partial charge in [-0.3, -0.25) is 9.59 Å². The van der Waals surface area contributed by atoms with Crippen molar-refractivity contribution in [2.45, 2.75) is 32.6 Å². The molecule has 30 heavy (non-hydrogen) atoms. The summed E-state index contributed by atoms with van der Waals surface area (Å²) in [7, 11) is 0. The van der Waals surface area contributed by atoms with Crippen LogP contribution in [-0.4, -0.2) is 30.6 Å². The van der Waals surface area contributed by atoms with Crippen molar-refractivity contribution >= 4 is 63.5 Å². The molecule has 158 valence electrons. The molecule has 7 nitrogen and oxygen atoms in total. The highest BCUT2D eigenvalue weighted by atomic mass is 35.5. The number of carbonyl (C=O) groups is 3. The first-order valence-corrected chi connectivity index (χ1v) is 10.9. The van der Waals surface area contributed by atoms with E-state index in [2.05, 4.69) is 15.8 Å². The molecule has 0 unspecified atom stereocenters. The number of aryl methyl sites for hydroxylation is 1. The third-order valence-corrected chi connectivity index (χ3v) is 6.35. The monoisotopic (exact) mass is 467 g/mol. The number of benzene rings is 1. The van der Waals surface area contributed by atoms with E-state index in [1.165, 1.54) is 17.6 Å². The summed E-state index contributed by atoms with van der Waals surface area (Å²) in [6, 6.07) is 4.82. The molecule has 1 aliphatic carbocycles. The number of rotatable bonds is 5. The van der Waals surface area contributed by atoms with Gasteiger partial charge in [0.05, 0.1) is 28.4 Å². The summed E-state index contributed by atoms with van der Waals surface area (Å²) in [5, 5.41) is 7.35. The van der Waals surface area contributed by atoms with Gasteiger partial charge in [-0.15, -0.1) is 11.3 Å². The summed E-state index contributed by atoms with van der Waals surface area (Å²) in [5.74, 6) is -2.39. The van der Waals surface area contributed by atoms with Gasteiger partial charge < -0.3 is 10.1 Å². The van der Waals surface area contributed by atoms with Gasteiger partial charge in [0, 0.05) is 4.88 Å². The van der Waals surface area contributed by atoms with Crippen LogP contribution in [0.15, 0.2) is 23.3 Å². The van der Waals surface area contributed by atoms with E-state index in [4.69, 9.17) is 27.9 Å². The molecule has 1 heterocycles. The van der Waals surface area contributed by atoms with E-state index < -0.39 is 17.8 Å². The first kappa shape index (κ1) is 22.3. The molecule has 0 saturated heterocycles. The molecule has 0 saturated carbocycles. The summed E-state index contributed by atoms with van der Waals surface area (Å²) in [5.41, 5.74) is 3.99. The van der Waals surface area contributed by atoms with Gasteiger partial charge in [-0.05, 0) is 55.9 Å². The van der Waals surface area contributed by atoms with Gasteiger partial charge in [-0.25, -0.2) is 10.2 Å². The number of hydrazone groups is 1. The predicted octanol–water partition coefficient (Wildman–Crippen LogP) is 4.20. The SMILES string of the molecule is CCOC(=O)c1c(NC(=O)C(=O)NN=Cc2ccc(Cl)c(Cl)c2)sc2c1CCCC2. The molecule has 0 fully saturated rings. The van der Waals surface area contributed by atoms with E-state index >= 15 is 0 Å². The molecule has 0 bridgehead atoms. The number of carbonyl (C=O) groups excluding carboxylic acids is 3. The zero-order valence-electron chi connectivity index (χ0n) is 16.1. The number of hydrogen-bond acceptors (Lipinski definition) is 6. The van der Waals surface area contributed by atoms with E-state index in [-0.39, 0.29) is 6.61 Å². The summed E-state index contributed by atoms with van der Waals surface area (Å²) in [4.78, 5) is 37.9. The Bertz CT molecular complexity index is 1020. The van der Waals surface area contributed by atoms with Gasteiger partial charge in [-0.2, -0.15) is 5.10 Å². The van der Waals surface area contributed by atoms with Crippen LogP contribution in [0.4, 0.5) is 5.00 Å². The summed E-state index contributed by atoms with van der Waals surface area (Å²) >= 11 is 13.1. The van der Waals surface area contributed by atoms with E-state index in [1.54, 1.807) is 25.1 Å². The lowest BCUT2D eigenvalue weighted by Crippen LogP contribution is -2.32. The molecular formula is C20H19Cl2N3O4S. The number of thiophene rings is 1. The van der Waals surface area contributed by atoms with Crippen LogP contribution in [0.5, 0.6) is 0 Å². The van der Waals surface area contributed by atoms with Crippen molar-refractivity contribution in [3.8, 4) is 0 Å². The van der Waals surface area contributed by atoms with Crippen LogP contribution in [0, 0.1) is 0 Å².